The zero-order valence-electron chi connectivity index (χ0n) is 8.41. The predicted molar refractivity (Wildman–Crippen MR) is 56.2 cm³/mol. The van der Waals surface area contributed by atoms with Crippen molar-refractivity contribution in [2.75, 3.05) is 32.7 Å². The molecule has 0 aromatic carbocycles. The fraction of sp³-hybridized carbons (Fsp3) is 1.00. The summed E-state index contributed by atoms with van der Waals surface area (Å²) >= 11 is 1.88. The summed E-state index contributed by atoms with van der Waals surface area (Å²) in [7, 11) is 0. The third kappa shape index (κ3) is 4.86. The van der Waals surface area contributed by atoms with Crippen molar-refractivity contribution in [1.82, 2.24) is 5.32 Å². The highest BCUT2D eigenvalue weighted by molar-refractivity contribution is 7.99. The molecule has 0 bridgehead atoms. The summed E-state index contributed by atoms with van der Waals surface area (Å²) in [5, 5.41) is 4.08. The van der Waals surface area contributed by atoms with Gasteiger partial charge in [0.2, 0.25) is 0 Å². The van der Waals surface area contributed by atoms with Gasteiger partial charge in [-0.1, -0.05) is 6.92 Å². The van der Waals surface area contributed by atoms with Gasteiger partial charge in [0, 0.05) is 18.3 Å². The molecule has 0 spiro atoms. The minimum atomic E-state index is 0.350. The van der Waals surface area contributed by atoms with E-state index in [1.54, 1.807) is 0 Å². The number of hydrogen-bond acceptors (Lipinski definition) is 4. The average Bonchev–Trinajstić information content (AvgIpc) is 2.19. The highest BCUT2D eigenvalue weighted by Crippen LogP contribution is 2.06. The Hall–Kier alpha value is 0.230. The Morgan fingerprint density at radius 1 is 1.62 bits per heavy atom. The van der Waals surface area contributed by atoms with Gasteiger partial charge in [0.05, 0.1) is 12.7 Å². The van der Waals surface area contributed by atoms with Gasteiger partial charge in [-0.05, 0) is 12.7 Å². The smallest absolute Gasteiger partial charge is 0.147 e. The van der Waals surface area contributed by atoms with Crippen LogP contribution in [0.4, 0.5) is 0 Å². The van der Waals surface area contributed by atoms with Gasteiger partial charge < -0.3 is 14.8 Å². The van der Waals surface area contributed by atoms with Crippen LogP contribution in [0.5, 0.6) is 0 Å². The number of nitrogens with one attached hydrogen (secondary N) is 1. The third-order valence-corrected chi connectivity index (χ3v) is 3.15. The van der Waals surface area contributed by atoms with E-state index in [1.165, 1.54) is 0 Å². The zero-order chi connectivity index (χ0) is 9.52. The SMILES string of the molecule is CSC(C)CNCC1CCOCO1. The van der Waals surface area contributed by atoms with Crippen molar-refractivity contribution in [3.63, 3.8) is 0 Å². The van der Waals surface area contributed by atoms with Crippen molar-refractivity contribution in [1.29, 1.82) is 0 Å². The van der Waals surface area contributed by atoms with Crippen LogP contribution < -0.4 is 5.32 Å². The Morgan fingerprint density at radius 3 is 3.08 bits per heavy atom. The lowest BCUT2D eigenvalue weighted by atomic mass is 10.2. The van der Waals surface area contributed by atoms with E-state index in [0.717, 1.165) is 26.1 Å². The van der Waals surface area contributed by atoms with E-state index in [9.17, 15) is 0 Å². The van der Waals surface area contributed by atoms with E-state index >= 15 is 0 Å². The molecule has 0 radical (unpaired) electrons. The summed E-state index contributed by atoms with van der Waals surface area (Å²) in [6.45, 7) is 5.54. The van der Waals surface area contributed by atoms with E-state index in [1.807, 2.05) is 11.8 Å². The first-order chi connectivity index (χ1) is 6.33. The van der Waals surface area contributed by atoms with E-state index in [-0.39, 0.29) is 0 Å². The van der Waals surface area contributed by atoms with Crippen molar-refractivity contribution in [2.45, 2.75) is 24.7 Å². The van der Waals surface area contributed by atoms with E-state index in [4.69, 9.17) is 9.47 Å². The van der Waals surface area contributed by atoms with E-state index < -0.39 is 0 Å². The Labute approximate surface area is 84.6 Å². The first-order valence-electron chi connectivity index (χ1n) is 4.75. The molecule has 78 valence electrons. The lowest BCUT2D eigenvalue weighted by molar-refractivity contribution is -0.137. The second kappa shape index (κ2) is 6.65. The molecule has 1 fully saturated rings. The molecule has 1 aliphatic rings. The molecule has 1 heterocycles. The highest BCUT2D eigenvalue weighted by Gasteiger charge is 2.13. The number of ether oxygens (including phenoxy) is 2. The van der Waals surface area contributed by atoms with Crippen LogP contribution in [0.3, 0.4) is 0 Å². The third-order valence-electron chi connectivity index (χ3n) is 2.18. The van der Waals surface area contributed by atoms with Crippen LogP contribution in [-0.4, -0.2) is 44.1 Å². The fourth-order valence-corrected chi connectivity index (χ4v) is 1.48. The van der Waals surface area contributed by atoms with Gasteiger partial charge in [0.15, 0.2) is 0 Å². The lowest BCUT2D eigenvalue weighted by Crippen LogP contribution is -2.36. The molecule has 0 aromatic rings. The van der Waals surface area contributed by atoms with Crippen molar-refractivity contribution in [3.8, 4) is 0 Å². The largest absolute Gasteiger partial charge is 0.355 e. The second-order valence-electron chi connectivity index (χ2n) is 3.31. The molecule has 0 aliphatic carbocycles. The molecule has 2 atom stereocenters. The monoisotopic (exact) mass is 205 g/mol. The Morgan fingerprint density at radius 2 is 2.46 bits per heavy atom. The van der Waals surface area contributed by atoms with Crippen LogP contribution in [0.2, 0.25) is 0 Å². The van der Waals surface area contributed by atoms with Gasteiger partial charge in [-0.3, -0.25) is 0 Å². The molecule has 1 N–H and O–H groups in total. The van der Waals surface area contributed by atoms with Crippen LogP contribution in [0.1, 0.15) is 13.3 Å². The molecular weight excluding hydrogens is 186 g/mol. The molecule has 0 saturated carbocycles. The molecule has 1 aliphatic heterocycles. The van der Waals surface area contributed by atoms with Crippen molar-refractivity contribution >= 4 is 11.8 Å². The molecule has 1 rings (SSSR count). The second-order valence-corrected chi connectivity index (χ2v) is 4.58. The quantitative estimate of drug-likeness (QED) is 0.728. The molecule has 0 amide bonds. The molecule has 1 saturated heterocycles. The van der Waals surface area contributed by atoms with Gasteiger partial charge >= 0.3 is 0 Å². The summed E-state index contributed by atoms with van der Waals surface area (Å²) in [6.07, 6.45) is 3.50. The molecule has 13 heavy (non-hydrogen) atoms. The summed E-state index contributed by atoms with van der Waals surface area (Å²) in [4.78, 5) is 0. The molecular formula is C9H19NO2S. The van der Waals surface area contributed by atoms with E-state index in [2.05, 4.69) is 18.5 Å². The zero-order valence-corrected chi connectivity index (χ0v) is 9.23. The van der Waals surface area contributed by atoms with Gasteiger partial charge in [-0.25, -0.2) is 0 Å². The fourth-order valence-electron chi connectivity index (χ4n) is 1.19. The van der Waals surface area contributed by atoms with Gasteiger partial charge in [-0.2, -0.15) is 11.8 Å². The van der Waals surface area contributed by atoms with E-state index in [0.29, 0.717) is 18.1 Å². The number of hydrogen-bond donors (Lipinski definition) is 1. The summed E-state index contributed by atoms with van der Waals surface area (Å²) < 4.78 is 10.5. The van der Waals surface area contributed by atoms with Crippen LogP contribution in [0, 0.1) is 0 Å². The van der Waals surface area contributed by atoms with Crippen molar-refractivity contribution in [3.05, 3.63) is 0 Å². The first kappa shape index (κ1) is 11.3. The number of rotatable bonds is 5. The first-order valence-corrected chi connectivity index (χ1v) is 6.04. The Bertz CT molecular complexity index is 129. The normalized spacial score (nSPS) is 25.8. The molecule has 3 nitrogen and oxygen atoms in total. The van der Waals surface area contributed by atoms with Gasteiger partial charge in [-0.15, -0.1) is 0 Å². The van der Waals surface area contributed by atoms with Crippen LogP contribution in [0.15, 0.2) is 0 Å². The van der Waals surface area contributed by atoms with Crippen LogP contribution in [0.25, 0.3) is 0 Å². The lowest BCUT2D eigenvalue weighted by Gasteiger charge is -2.23. The van der Waals surface area contributed by atoms with Gasteiger partial charge in [0.1, 0.15) is 6.79 Å². The minimum absolute atomic E-state index is 0.350. The molecule has 4 heteroatoms. The molecule has 2 unspecified atom stereocenters. The number of thioether (sulfide) groups is 1. The summed E-state index contributed by atoms with van der Waals surface area (Å²) in [5.74, 6) is 0. The van der Waals surface area contributed by atoms with Crippen LogP contribution in [-0.2, 0) is 9.47 Å². The molecule has 0 aromatic heterocycles. The summed E-state index contributed by atoms with van der Waals surface area (Å²) in [6, 6.07) is 0. The summed E-state index contributed by atoms with van der Waals surface area (Å²) in [5.41, 5.74) is 0. The predicted octanol–water partition coefficient (Wildman–Crippen LogP) is 1.09. The van der Waals surface area contributed by atoms with Crippen LogP contribution >= 0.6 is 11.8 Å². The maximum Gasteiger partial charge on any atom is 0.147 e. The maximum absolute atomic E-state index is 5.40. The Balaban J connectivity index is 1.98. The Kier molecular flexibility index (Phi) is 5.78. The minimum Gasteiger partial charge on any atom is -0.355 e. The topological polar surface area (TPSA) is 30.5 Å². The maximum atomic E-state index is 5.40. The standard InChI is InChI=1S/C9H19NO2S/c1-8(13-2)5-10-6-9-3-4-11-7-12-9/h8-10H,3-7H2,1-2H3. The highest BCUT2D eigenvalue weighted by atomic mass is 32.2. The van der Waals surface area contributed by atoms with Crippen molar-refractivity contribution in [2.24, 2.45) is 0 Å². The average molecular weight is 205 g/mol. The van der Waals surface area contributed by atoms with Crippen molar-refractivity contribution < 1.29 is 9.47 Å². The van der Waals surface area contributed by atoms with Gasteiger partial charge in [0.25, 0.3) is 0 Å².